The van der Waals surface area contributed by atoms with Crippen LogP contribution in [0.1, 0.15) is 0 Å². The van der Waals surface area contributed by atoms with E-state index in [2.05, 4.69) is 158 Å². The predicted octanol–water partition coefficient (Wildman–Crippen LogP) is 13.7. The molecule has 0 fully saturated rings. The van der Waals surface area contributed by atoms with Crippen LogP contribution in [-0.2, 0) is 0 Å². The number of rotatable bonds is 9. The summed E-state index contributed by atoms with van der Waals surface area (Å²) in [6.45, 7) is 0. The van der Waals surface area contributed by atoms with Gasteiger partial charge in [-0.1, -0.05) is 66.7 Å². The SMILES string of the molecule is c1ccc(-c2cccc(-c3cccc(-c4cc(-c5cc(-c6cccnc6)cc(-c6cccnc6)c5)cc(-c5cc(-c6cccnc6)cc(-c6cccnc6)c5)c4)c3)c2)nc1. The highest BCUT2D eigenvalue weighted by atomic mass is 14.7. The Balaban J connectivity index is 1.18. The zero-order valence-corrected chi connectivity index (χ0v) is 32.6. The minimum atomic E-state index is 0.950. The summed E-state index contributed by atoms with van der Waals surface area (Å²) in [7, 11) is 0. The lowest BCUT2D eigenvalue weighted by molar-refractivity contribution is 1.32. The fourth-order valence-corrected chi connectivity index (χ4v) is 7.79. The molecule has 5 aromatic carbocycles. The number of pyridine rings is 5. The van der Waals surface area contributed by atoms with E-state index in [-0.39, 0.29) is 0 Å². The first-order valence-corrected chi connectivity index (χ1v) is 19.9. The molecule has 0 saturated heterocycles. The molecule has 0 aliphatic heterocycles. The summed E-state index contributed by atoms with van der Waals surface area (Å²) in [6, 6.07) is 60.3. The number of hydrogen-bond acceptors (Lipinski definition) is 5. The molecule has 0 amide bonds. The molecule has 0 atom stereocenters. The van der Waals surface area contributed by atoms with E-state index in [9.17, 15) is 0 Å². The third kappa shape index (κ3) is 7.76. The van der Waals surface area contributed by atoms with Crippen LogP contribution in [0.15, 0.2) is 226 Å². The van der Waals surface area contributed by atoms with Crippen molar-refractivity contribution in [3.05, 3.63) is 226 Å². The van der Waals surface area contributed by atoms with E-state index in [1.807, 2.05) is 92.2 Å². The molecular weight excluding hydrogens is 731 g/mol. The van der Waals surface area contributed by atoms with E-state index >= 15 is 0 Å². The van der Waals surface area contributed by atoms with Crippen LogP contribution in [0.5, 0.6) is 0 Å². The van der Waals surface area contributed by atoms with Gasteiger partial charge in [-0.3, -0.25) is 24.9 Å². The maximum absolute atomic E-state index is 4.61. The van der Waals surface area contributed by atoms with E-state index in [0.29, 0.717) is 0 Å². The maximum atomic E-state index is 4.61. The first-order valence-electron chi connectivity index (χ1n) is 19.9. The maximum Gasteiger partial charge on any atom is 0.0702 e. The topological polar surface area (TPSA) is 64.5 Å². The molecule has 5 heteroatoms. The molecule has 10 aromatic rings. The molecule has 282 valence electrons. The highest BCUT2D eigenvalue weighted by Crippen LogP contribution is 2.40. The second-order valence-corrected chi connectivity index (χ2v) is 14.7. The van der Waals surface area contributed by atoms with E-state index in [4.69, 9.17) is 0 Å². The fourth-order valence-electron chi connectivity index (χ4n) is 7.79. The van der Waals surface area contributed by atoms with Crippen LogP contribution in [0.4, 0.5) is 0 Å². The molecule has 5 aromatic heterocycles. The Labute approximate surface area is 349 Å². The zero-order valence-electron chi connectivity index (χ0n) is 32.6. The summed E-state index contributed by atoms with van der Waals surface area (Å²) in [5.41, 5.74) is 19.4. The van der Waals surface area contributed by atoms with Crippen molar-refractivity contribution >= 4 is 0 Å². The molecule has 0 aliphatic rings. The Morgan fingerprint density at radius 2 is 0.483 bits per heavy atom. The molecule has 10 rings (SSSR count). The first-order chi connectivity index (χ1) is 29.7. The smallest absolute Gasteiger partial charge is 0.0702 e. The van der Waals surface area contributed by atoms with Crippen molar-refractivity contribution < 1.29 is 0 Å². The average Bonchev–Trinajstić information content (AvgIpc) is 3.35. The van der Waals surface area contributed by atoms with Crippen molar-refractivity contribution in [3.63, 3.8) is 0 Å². The van der Waals surface area contributed by atoms with Crippen LogP contribution in [0, 0.1) is 0 Å². The van der Waals surface area contributed by atoms with Crippen molar-refractivity contribution in [1.29, 1.82) is 0 Å². The van der Waals surface area contributed by atoms with Gasteiger partial charge in [-0.25, -0.2) is 0 Å². The molecule has 0 aliphatic carbocycles. The summed E-state index contributed by atoms with van der Waals surface area (Å²) in [5, 5.41) is 0. The average molecular weight is 768 g/mol. The number of hydrogen-bond donors (Lipinski definition) is 0. The van der Waals surface area contributed by atoms with Gasteiger partial charge in [-0.2, -0.15) is 0 Å². The Kier molecular flexibility index (Phi) is 9.88. The van der Waals surface area contributed by atoms with Gasteiger partial charge in [0.05, 0.1) is 5.69 Å². The molecule has 0 saturated carbocycles. The molecule has 5 nitrogen and oxygen atoms in total. The number of aromatic nitrogens is 5. The van der Waals surface area contributed by atoms with Crippen LogP contribution < -0.4 is 0 Å². The van der Waals surface area contributed by atoms with Crippen LogP contribution in [0.25, 0.3) is 100 Å². The van der Waals surface area contributed by atoms with Gasteiger partial charge < -0.3 is 0 Å². The zero-order chi connectivity index (χ0) is 40.1. The molecule has 0 N–H and O–H groups in total. The van der Waals surface area contributed by atoms with Crippen LogP contribution >= 0.6 is 0 Å². The van der Waals surface area contributed by atoms with Crippen LogP contribution in [-0.4, -0.2) is 24.9 Å². The van der Waals surface area contributed by atoms with Gasteiger partial charge in [0.1, 0.15) is 0 Å². The van der Waals surface area contributed by atoms with Crippen molar-refractivity contribution in [2.75, 3.05) is 0 Å². The van der Waals surface area contributed by atoms with Gasteiger partial charge in [0, 0.05) is 83.6 Å². The Morgan fingerprint density at radius 1 is 0.200 bits per heavy atom. The van der Waals surface area contributed by atoms with Crippen LogP contribution in [0.2, 0.25) is 0 Å². The molecular formula is C55H37N5. The molecule has 0 unspecified atom stereocenters. The Morgan fingerprint density at radius 3 is 0.817 bits per heavy atom. The highest BCUT2D eigenvalue weighted by molar-refractivity contribution is 5.89. The lowest BCUT2D eigenvalue weighted by atomic mass is 9.88. The highest BCUT2D eigenvalue weighted by Gasteiger charge is 2.15. The van der Waals surface area contributed by atoms with Crippen molar-refractivity contribution in [2.24, 2.45) is 0 Å². The summed E-state index contributed by atoms with van der Waals surface area (Å²) in [5.74, 6) is 0. The molecule has 0 bridgehead atoms. The molecule has 60 heavy (non-hydrogen) atoms. The second-order valence-electron chi connectivity index (χ2n) is 14.7. The summed E-state index contributed by atoms with van der Waals surface area (Å²) in [4.78, 5) is 22.5. The fraction of sp³-hybridized carbons (Fsp3) is 0. The van der Waals surface area contributed by atoms with Crippen molar-refractivity contribution in [2.45, 2.75) is 0 Å². The summed E-state index contributed by atoms with van der Waals surface area (Å²) >= 11 is 0. The predicted molar refractivity (Wildman–Crippen MR) is 244 cm³/mol. The largest absolute Gasteiger partial charge is 0.264 e. The van der Waals surface area contributed by atoms with Gasteiger partial charge in [0.15, 0.2) is 0 Å². The van der Waals surface area contributed by atoms with Gasteiger partial charge in [-0.15, -0.1) is 0 Å². The lowest BCUT2D eigenvalue weighted by Gasteiger charge is -2.16. The normalized spacial score (nSPS) is 11.0. The quantitative estimate of drug-likeness (QED) is 0.146. The van der Waals surface area contributed by atoms with Crippen molar-refractivity contribution in [1.82, 2.24) is 24.9 Å². The monoisotopic (exact) mass is 767 g/mol. The van der Waals surface area contributed by atoms with E-state index in [1.165, 1.54) is 0 Å². The standard InChI is InChI=1S/C55H37N5/c1-2-22-60-55(17-1)41-12-4-10-39(24-41)38-9-3-11-40(23-38)46-25-51(53-29-47(42-13-5-18-56-34-42)27-48(30-53)43-14-6-19-57-35-43)33-52(26-46)54-31-49(44-15-7-20-58-36-44)28-50(32-54)45-16-8-21-59-37-45/h1-37H. The molecule has 0 radical (unpaired) electrons. The minimum Gasteiger partial charge on any atom is -0.264 e. The molecule has 0 spiro atoms. The summed E-state index contributed by atoms with van der Waals surface area (Å²) < 4.78 is 0. The third-order valence-corrected chi connectivity index (χ3v) is 10.8. The van der Waals surface area contributed by atoms with Gasteiger partial charge in [-0.05, 0) is 170 Å². The van der Waals surface area contributed by atoms with E-state index < -0.39 is 0 Å². The van der Waals surface area contributed by atoms with E-state index in [0.717, 1.165) is 100 Å². The van der Waals surface area contributed by atoms with E-state index in [1.54, 1.807) is 0 Å². The number of benzene rings is 5. The summed E-state index contributed by atoms with van der Waals surface area (Å²) in [6.07, 6.45) is 16.8. The third-order valence-electron chi connectivity index (χ3n) is 10.8. The first kappa shape index (κ1) is 36.2. The van der Waals surface area contributed by atoms with Gasteiger partial charge >= 0.3 is 0 Å². The second kappa shape index (κ2) is 16.4. The lowest BCUT2D eigenvalue weighted by Crippen LogP contribution is -1.91. The van der Waals surface area contributed by atoms with Gasteiger partial charge in [0.2, 0.25) is 0 Å². The van der Waals surface area contributed by atoms with Gasteiger partial charge in [0.25, 0.3) is 0 Å². The minimum absolute atomic E-state index is 0.950. The van der Waals surface area contributed by atoms with Crippen LogP contribution in [0.3, 0.4) is 0 Å². The van der Waals surface area contributed by atoms with Crippen molar-refractivity contribution in [3.8, 4) is 100 Å². The Bertz CT molecular complexity index is 2800. The molecule has 5 heterocycles. The number of nitrogens with zero attached hydrogens (tertiary/aromatic N) is 5. The Hall–Kier alpha value is -8.15.